The first-order valence-electron chi connectivity index (χ1n) is 9.24. The van der Waals surface area contributed by atoms with Crippen LogP contribution in [0.15, 0.2) is 52.6 Å². The Morgan fingerprint density at radius 3 is 2.58 bits per heavy atom. The highest BCUT2D eigenvalue weighted by Gasteiger charge is 2.44. The van der Waals surface area contributed by atoms with Gasteiger partial charge in [-0.2, -0.15) is 18.3 Å². The van der Waals surface area contributed by atoms with Crippen LogP contribution in [0, 0.1) is 5.82 Å². The van der Waals surface area contributed by atoms with Crippen molar-refractivity contribution in [1.29, 1.82) is 0 Å². The van der Waals surface area contributed by atoms with Gasteiger partial charge in [0.1, 0.15) is 29.2 Å². The molecule has 2 N–H and O–H groups in total. The van der Waals surface area contributed by atoms with Gasteiger partial charge in [0.2, 0.25) is 0 Å². The van der Waals surface area contributed by atoms with Gasteiger partial charge in [-0.25, -0.2) is 14.2 Å². The Labute approximate surface area is 187 Å². The maximum absolute atomic E-state index is 14.7. The summed E-state index contributed by atoms with van der Waals surface area (Å²) in [4.78, 5) is 28.5. The number of benzene rings is 2. The second-order valence-corrected chi connectivity index (χ2v) is 7.48. The lowest BCUT2D eigenvalue weighted by molar-refractivity contribution is -0.138. The summed E-state index contributed by atoms with van der Waals surface area (Å²) in [6.07, 6.45) is -0.657. The second kappa shape index (κ2) is 8.00. The molecule has 1 amide bonds. The molecule has 2 aromatic carbocycles. The molecule has 0 aliphatic carbocycles. The van der Waals surface area contributed by atoms with Gasteiger partial charge in [-0.15, -0.1) is 0 Å². The molecule has 170 valence electrons. The van der Waals surface area contributed by atoms with Gasteiger partial charge in [-0.3, -0.25) is 9.79 Å². The topological polar surface area (TPSA) is 103 Å². The highest BCUT2D eigenvalue weighted by atomic mass is 35.5. The molecule has 2 unspecified atom stereocenters. The zero-order valence-corrected chi connectivity index (χ0v) is 17.0. The summed E-state index contributed by atoms with van der Waals surface area (Å²) in [7, 11) is 0. The van der Waals surface area contributed by atoms with Gasteiger partial charge in [0.15, 0.2) is 0 Å². The number of carboxylic acid groups (broad SMARTS) is 1. The molecule has 2 aliphatic heterocycles. The third kappa shape index (κ3) is 3.84. The zero-order chi connectivity index (χ0) is 24.1. The average molecular weight is 482 g/mol. The van der Waals surface area contributed by atoms with E-state index in [-0.39, 0.29) is 11.3 Å². The highest BCUT2D eigenvalue weighted by Crippen LogP contribution is 2.38. The van der Waals surface area contributed by atoms with Crippen LogP contribution in [0.1, 0.15) is 31.8 Å². The first-order chi connectivity index (χ1) is 15.5. The Morgan fingerprint density at radius 2 is 1.91 bits per heavy atom. The molecular weight excluding hydrogens is 470 g/mol. The van der Waals surface area contributed by atoms with Crippen molar-refractivity contribution in [2.75, 3.05) is 0 Å². The van der Waals surface area contributed by atoms with Gasteiger partial charge in [-0.05, 0) is 30.3 Å². The van der Waals surface area contributed by atoms with E-state index in [1.165, 1.54) is 18.4 Å². The van der Waals surface area contributed by atoms with Gasteiger partial charge in [0.05, 0.1) is 21.9 Å². The molecule has 0 radical (unpaired) electrons. The lowest BCUT2D eigenvalue weighted by Crippen LogP contribution is -2.40. The van der Waals surface area contributed by atoms with Gasteiger partial charge >= 0.3 is 12.1 Å². The Bertz CT molecular complexity index is 1270. The van der Waals surface area contributed by atoms with Crippen molar-refractivity contribution in [1.82, 2.24) is 5.01 Å². The molecule has 2 atom stereocenters. The van der Waals surface area contributed by atoms with Crippen LogP contribution in [0.25, 0.3) is 0 Å². The smallest absolute Gasteiger partial charge is 0.417 e. The van der Waals surface area contributed by atoms with E-state index in [0.29, 0.717) is 17.1 Å². The fourth-order valence-corrected chi connectivity index (χ4v) is 3.86. The number of aliphatic imine (C=N–C) groups is 1. The quantitative estimate of drug-likeness (QED) is 0.643. The number of aromatic hydroxyl groups is 1. The number of carbonyl (C=O) groups excluding carboxylic acids is 1. The summed E-state index contributed by atoms with van der Waals surface area (Å²) in [6, 6.07) is 2.25. The van der Waals surface area contributed by atoms with Crippen molar-refractivity contribution < 1.29 is 37.4 Å². The van der Waals surface area contributed by atoms with E-state index in [1.807, 2.05) is 0 Å². The Balaban J connectivity index is 1.85. The normalized spacial score (nSPS) is 19.4. The maximum atomic E-state index is 14.7. The summed E-state index contributed by atoms with van der Waals surface area (Å²) in [6.45, 7) is 0. The number of hydrogen-bond acceptors (Lipinski definition) is 5. The molecule has 0 bridgehead atoms. The van der Waals surface area contributed by atoms with Crippen molar-refractivity contribution in [3.05, 3.63) is 75.6 Å². The van der Waals surface area contributed by atoms with Crippen LogP contribution >= 0.6 is 11.6 Å². The number of aromatic carboxylic acids is 1. The summed E-state index contributed by atoms with van der Waals surface area (Å²) in [5.41, 5.74) is -3.33. The fourth-order valence-electron chi connectivity index (χ4n) is 3.60. The van der Waals surface area contributed by atoms with Gasteiger partial charge in [0.25, 0.3) is 5.91 Å². The Kier molecular flexibility index (Phi) is 5.44. The van der Waals surface area contributed by atoms with Crippen LogP contribution in [0.4, 0.5) is 17.6 Å². The van der Waals surface area contributed by atoms with Crippen molar-refractivity contribution in [3.8, 4) is 5.75 Å². The first kappa shape index (κ1) is 22.5. The number of allylic oxidation sites excluding steroid dienone is 1. The van der Waals surface area contributed by atoms with E-state index in [9.17, 15) is 32.3 Å². The lowest BCUT2D eigenvalue weighted by atomic mass is 9.95. The number of amides is 1. The minimum Gasteiger partial charge on any atom is -0.507 e. The number of rotatable bonds is 3. The minimum absolute atomic E-state index is 0.181. The minimum atomic E-state index is -4.88. The van der Waals surface area contributed by atoms with Gasteiger partial charge in [0, 0.05) is 11.8 Å². The number of hydrazone groups is 1. The van der Waals surface area contributed by atoms with Crippen molar-refractivity contribution in [2.45, 2.75) is 18.3 Å². The zero-order valence-electron chi connectivity index (χ0n) is 16.2. The molecule has 0 fully saturated rings. The van der Waals surface area contributed by atoms with Crippen LogP contribution < -0.4 is 0 Å². The van der Waals surface area contributed by atoms with E-state index in [0.717, 1.165) is 18.2 Å². The van der Waals surface area contributed by atoms with Crippen molar-refractivity contribution in [3.63, 3.8) is 0 Å². The second-order valence-electron chi connectivity index (χ2n) is 7.07. The predicted octanol–water partition coefficient (Wildman–Crippen LogP) is 4.14. The molecular formula is C21H12ClF4N3O4. The van der Waals surface area contributed by atoms with E-state index in [4.69, 9.17) is 16.7 Å². The van der Waals surface area contributed by atoms with Crippen LogP contribution in [0.3, 0.4) is 0 Å². The summed E-state index contributed by atoms with van der Waals surface area (Å²) >= 11 is 5.94. The largest absolute Gasteiger partial charge is 0.507 e. The number of nitrogens with zero attached hydrogens (tertiary/aromatic N) is 3. The van der Waals surface area contributed by atoms with Crippen LogP contribution in [-0.2, 0) is 6.18 Å². The third-order valence-electron chi connectivity index (χ3n) is 5.08. The van der Waals surface area contributed by atoms with Crippen LogP contribution in [0.5, 0.6) is 5.75 Å². The highest BCUT2D eigenvalue weighted by molar-refractivity contribution is 6.34. The first-order valence-corrected chi connectivity index (χ1v) is 9.62. The number of dihydropyridines is 1. The number of phenols is 1. The van der Waals surface area contributed by atoms with E-state index < -0.39 is 63.4 Å². The van der Waals surface area contributed by atoms with Gasteiger partial charge < -0.3 is 10.2 Å². The fraction of sp³-hybridized carbons (Fsp3) is 0.143. The molecule has 4 rings (SSSR count). The molecule has 12 heteroatoms. The molecule has 2 aromatic rings. The van der Waals surface area contributed by atoms with E-state index in [2.05, 4.69) is 10.1 Å². The van der Waals surface area contributed by atoms with Gasteiger partial charge in [-0.1, -0.05) is 23.7 Å². The number of halogens is 5. The van der Waals surface area contributed by atoms with Crippen molar-refractivity contribution in [2.24, 2.45) is 10.1 Å². The standard InChI is InChI=1S/C21H12ClF4N3O4/c22-12-4-1-3-11(21(24,25)26)16(12)19(31)29-14-5-2-6-27-18(14)17(28-29)9-8-15(30)10(20(32)33)7-13(9)23/h1-8,14,18,30H,(H,32,33). The molecule has 7 nitrogen and oxygen atoms in total. The third-order valence-corrected chi connectivity index (χ3v) is 5.39. The molecule has 0 saturated heterocycles. The Hall–Kier alpha value is -3.73. The molecule has 0 spiro atoms. The predicted molar refractivity (Wildman–Crippen MR) is 109 cm³/mol. The SMILES string of the molecule is O=C(O)c1cc(F)c(C2=NN(C(=O)c3c(Cl)cccc3C(F)(F)F)C3C=CC=NC23)cc1O. The summed E-state index contributed by atoms with van der Waals surface area (Å²) < 4.78 is 55.3. The molecule has 0 saturated carbocycles. The molecule has 2 heterocycles. The Morgan fingerprint density at radius 1 is 1.18 bits per heavy atom. The van der Waals surface area contributed by atoms with Crippen LogP contribution in [-0.4, -0.2) is 51.1 Å². The number of fused-ring (bicyclic) bond motifs is 1. The van der Waals surface area contributed by atoms with Crippen LogP contribution in [0.2, 0.25) is 5.02 Å². The van der Waals surface area contributed by atoms with Crippen molar-refractivity contribution >= 4 is 35.4 Å². The number of alkyl halides is 3. The molecule has 0 aromatic heterocycles. The monoisotopic (exact) mass is 481 g/mol. The van der Waals surface area contributed by atoms with E-state index >= 15 is 0 Å². The number of hydrogen-bond donors (Lipinski definition) is 2. The molecule has 2 aliphatic rings. The number of carboxylic acids is 1. The lowest BCUT2D eigenvalue weighted by Gasteiger charge is -2.25. The maximum Gasteiger partial charge on any atom is 0.417 e. The van der Waals surface area contributed by atoms with E-state index in [1.54, 1.807) is 0 Å². The summed E-state index contributed by atoms with van der Waals surface area (Å²) in [5.74, 6) is -4.59. The number of carbonyl (C=O) groups is 2. The molecule has 33 heavy (non-hydrogen) atoms. The summed E-state index contributed by atoms with van der Waals surface area (Å²) in [5, 5.41) is 23.3. The average Bonchev–Trinajstić information content (AvgIpc) is 3.13.